The summed E-state index contributed by atoms with van der Waals surface area (Å²) in [6.07, 6.45) is 3.80. The smallest absolute Gasteiger partial charge is 0.139 e. The zero-order valence-electron chi connectivity index (χ0n) is 12.9. The lowest BCUT2D eigenvalue weighted by Crippen LogP contribution is -2.38. The number of nitrogens with two attached hydrogens (primary N) is 1. The highest BCUT2D eigenvalue weighted by Gasteiger charge is 2.30. The van der Waals surface area contributed by atoms with Gasteiger partial charge in [-0.05, 0) is 51.3 Å². The predicted molar refractivity (Wildman–Crippen MR) is 91.0 cm³/mol. The fraction of sp³-hybridized carbons (Fsp3) is 0.625. The molecule has 0 aliphatic carbocycles. The normalized spacial score (nSPS) is 23.0. The van der Waals surface area contributed by atoms with Crippen molar-refractivity contribution >= 4 is 23.0 Å². The number of aryl methyl sites for hydroxylation is 2. The van der Waals surface area contributed by atoms with Crippen molar-refractivity contribution in [3.8, 4) is 0 Å². The molecule has 2 saturated heterocycles. The minimum absolute atomic E-state index is 0.461. The molecular weight excluding hydrogens is 280 g/mol. The number of fused-ring (bicyclic) bond motifs is 1. The van der Waals surface area contributed by atoms with Crippen LogP contribution in [0.5, 0.6) is 0 Å². The highest BCUT2D eigenvalue weighted by atomic mass is 32.1. The largest absolute Gasteiger partial charge is 0.389 e. The maximum atomic E-state index is 5.97. The first-order chi connectivity index (χ1) is 10.1. The summed E-state index contributed by atoms with van der Waals surface area (Å²) < 4.78 is 0. The number of thiocarbonyl (C=S) groups is 1. The molecule has 0 spiro atoms. The molecule has 3 heterocycles. The Morgan fingerprint density at radius 1 is 1.29 bits per heavy atom. The summed E-state index contributed by atoms with van der Waals surface area (Å²) >= 11 is 5.28. The summed E-state index contributed by atoms with van der Waals surface area (Å²) in [7, 11) is 0. The third-order valence-corrected chi connectivity index (χ3v) is 4.88. The number of nitrogens with zero attached hydrogens (tertiary/aromatic N) is 3. The number of anilines is 1. The van der Waals surface area contributed by atoms with E-state index < -0.39 is 0 Å². The van der Waals surface area contributed by atoms with Gasteiger partial charge in [-0.2, -0.15) is 0 Å². The number of hydrogen-bond acceptors (Lipinski definition) is 4. The maximum absolute atomic E-state index is 5.97. The SMILES string of the molecule is Cc1cc(C)c(C(N)=S)c(N2CCCN3CCCC3C2)n1. The van der Waals surface area contributed by atoms with Gasteiger partial charge in [0.05, 0.1) is 5.56 Å². The molecule has 2 N–H and O–H groups in total. The number of rotatable bonds is 2. The Balaban J connectivity index is 1.97. The van der Waals surface area contributed by atoms with Gasteiger partial charge < -0.3 is 10.6 Å². The standard InChI is InChI=1S/C16H24N4S/c1-11-9-12(2)18-16(14(11)15(17)21)20-8-4-7-19-6-3-5-13(19)10-20/h9,13H,3-8,10H2,1-2H3,(H2,17,21). The van der Waals surface area contributed by atoms with Crippen LogP contribution in [0.3, 0.4) is 0 Å². The minimum atomic E-state index is 0.461. The Morgan fingerprint density at radius 3 is 2.81 bits per heavy atom. The molecule has 1 aromatic heterocycles. The Labute approximate surface area is 132 Å². The van der Waals surface area contributed by atoms with Crippen molar-refractivity contribution in [1.29, 1.82) is 0 Å². The maximum Gasteiger partial charge on any atom is 0.139 e. The molecule has 0 radical (unpaired) electrons. The van der Waals surface area contributed by atoms with Crippen LogP contribution in [0.1, 0.15) is 36.1 Å². The van der Waals surface area contributed by atoms with E-state index in [4.69, 9.17) is 22.9 Å². The van der Waals surface area contributed by atoms with Crippen LogP contribution in [0.15, 0.2) is 6.07 Å². The monoisotopic (exact) mass is 304 g/mol. The van der Waals surface area contributed by atoms with Crippen LogP contribution in [0.4, 0.5) is 5.82 Å². The van der Waals surface area contributed by atoms with Crippen molar-refractivity contribution in [2.45, 2.75) is 39.2 Å². The molecule has 1 unspecified atom stereocenters. The molecule has 0 saturated carbocycles. The van der Waals surface area contributed by atoms with Gasteiger partial charge >= 0.3 is 0 Å². The molecule has 5 heteroatoms. The van der Waals surface area contributed by atoms with E-state index in [2.05, 4.69) is 22.8 Å². The van der Waals surface area contributed by atoms with Crippen molar-refractivity contribution in [3.63, 3.8) is 0 Å². The quantitative estimate of drug-likeness (QED) is 0.847. The van der Waals surface area contributed by atoms with E-state index >= 15 is 0 Å². The van der Waals surface area contributed by atoms with Gasteiger partial charge in [-0.25, -0.2) is 4.98 Å². The van der Waals surface area contributed by atoms with Crippen LogP contribution in [-0.4, -0.2) is 47.1 Å². The third-order valence-electron chi connectivity index (χ3n) is 4.68. The van der Waals surface area contributed by atoms with E-state index in [0.29, 0.717) is 11.0 Å². The average Bonchev–Trinajstić information content (AvgIpc) is 2.74. The third kappa shape index (κ3) is 2.90. The Morgan fingerprint density at radius 2 is 2.05 bits per heavy atom. The van der Waals surface area contributed by atoms with Crippen molar-refractivity contribution in [1.82, 2.24) is 9.88 Å². The molecule has 3 rings (SSSR count). The molecule has 2 aliphatic rings. The first kappa shape index (κ1) is 14.7. The summed E-state index contributed by atoms with van der Waals surface area (Å²) in [6.45, 7) is 8.66. The molecule has 0 bridgehead atoms. The molecule has 0 aromatic carbocycles. The van der Waals surface area contributed by atoms with Gasteiger partial charge in [-0.1, -0.05) is 12.2 Å². The average molecular weight is 304 g/mol. The Hall–Kier alpha value is -1.20. The van der Waals surface area contributed by atoms with E-state index in [1.807, 2.05) is 6.92 Å². The predicted octanol–water partition coefficient (Wildman–Crippen LogP) is 2.01. The van der Waals surface area contributed by atoms with E-state index in [9.17, 15) is 0 Å². The van der Waals surface area contributed by atoms with E-state index in [-0.39, 0.29) is 0 Å². The van der Waals surface area contributed by atoms with E-state index in [1.165, 1.54) is 32.4 Å². The lowest BCUT2D eigenvalue weighted by atomic mass is 10.1. The van der Waals surface area contributed by atoms with Gasteiger partial charge in [0.25, 0.3) is 0 Å². The zero-order valence-corrected chi connectivity index (χ0v) is 13.7. The second-order valence-electron chi connectivity index (χ2n) is 6.27. The van der Waals surface area contributed by atoms with Crippen molar-refractivity contribution < 1.29 is 0 Å². The van der Waals surface area contributed by atoms with Gasteiger partial charge in [0.1, 0.15) is 10.8 Å². The van der Waals surface area contributed by atoms with Gasteiger partial charge in [0.2, 0.25) is 0 Å². The van der Waals surface area contributed by atoms with Gasteiger partial charge in [0, 0.05) is 31.4 Å². The molecule has 21 heavy (non-hydrogen) atoms. The molecule has 1 aromatic rings. The first-order valence-corrected chi connectivity index (χ1v) is 8.24. The zero-order chi connectivity index (χ0) is 15.0. The number of pyridine rings is 1. The highest BCUT2D eigenvalue weighted by molar-refractivity contribution is 7.80. The lowest BCUT2D eigenvalue weighted by molar-refractivity contribution is 0.273. The van der Waals surface area contributed by atoms with Crippen LogP contribution >= 0.6 is 12.2 Å². The fourth-order valence-corrected chi connectivity index (χ4v) is 4.00. The van der Waals surface area contributed by atoms with Crippen LogP contribution in [0, 0.1) is 13.8 Å². The highest BCUT2D eigenvalue weighted by Crippen LogP contribution is 2.28. The fourth-order valence-electron chi connectivity index (χ4n) is 3.75. The minimum Gasteiger partial charge on any atom is -0.389 e. The lowest BCUT2D eigenvalue weighted by Gasteiger charge is -2.28. The summed E-state index contributed by atoms with van der Waals surface area (Å²) in [5, 5.41) is 0. The molecule has 114 valence electrons. The summed E-state index contributed by atoms with van der Waals surface area (Å²) in [5.41, 5.74) is 9.11. The van der Waals surface area contributed by atoms with Gasteiger partial charge in [0.15, 0.2) is 0 Å². The van der Waals surface area contributed by atoms with Crippen molar-refractivity contribution in [3.05, 3.63) is 22.9 Å². The van der Waals surface area contributed by atoms with Crippen molar-refractivity contribution in [2.24, 2.45) is 5.73 Å². The topological polar surface area (TPSA) is 45.4 Å². The van der Waals surface area contributed by atoms with Crippen LogP contribution < -0.4 is 10.6 Å². The molecule has 2 aliphatic heterocycles. The molecule has 4 nitrogen and oxygen atoms in total. The van der Waals surface area contributed by atoms with Crippen LogP contribution in [-0.2, 0) is 0 Å². The molecule has 0 amide bonds. The summed E-state index contributed by atoms with van der Waals surface area (Å²) in [6, 6.07) is 2.73. The second-order valence-corrected chi connectivity index (χ2v) is 6.71. The van der Waals surface area contributed by atoms with E-state index in [1.54, 1.807) is 0 Å². The van der Waals surface area contributed by atoms with E-state index in [0.717, 1.165) is 35.7 Å². The van der Waals surface area contributed by atoms with Crippen LogP contribution in [0.2, 0.25) is 0 Å². The van der Waals surface area contributed by atoms with Gasteiger partial charge in [-0.3, -0.25) is 4.90 Å². The first-order valence-electron chi connectivity index (χ1n) is 7.83. The molecule has 1 atom stereocenters. The van der Waals surface area contributed by atoms with Crippen molar-refractivity contribution in [2.75, 3.05) is 31.1 Å². The van der Waals surface area contributed by atoms with Crippen LogP contribution in [0.25, 0.3) is 0 Å². The van der Waals surface area contributed by atoms with Gasteiger partial charge in [-0.15, -0.1) is 0 Å². The summed E-state index contributed by atoms with van der Waals surface area (Å²) in [4.78, 5) is 10.3. The Bertz CT molecular complexity index is 557. The summed E-state index contributed by atoms with van der Waals surface area (Å²) in [5.74, 6) is 0.994. The number of hydrogen-bond donors (Lipinski definition) is 1. The molecular formula is C16H24N4S. The second kappa shape index (κ2) is 5.89. The Kier molecular flexibility index (Phi) is 4.13. The number of aromatic nitrogens is 1. The molecule has 2 fully saturated rings.